The van der Waals surface area contributed by atoms with Crippen LogP contribution in [-0.4, -0.2) is 15.0 Å². The van der Waals surface area contributed by atoms with Crippen molar-refractivity contribution in [1.29, 1.82) is 5.26 Å². The van der Waals surface area contributed by atoms with E-state index in [1.54, 1.807) is 6.20 Å². The second-order valence-electron chi connectivity index (χ2n) is 5.23. The van der Waals surface area contributed by atoms with Crippen LogP contribution in [0.3, 0.4) is 0 Å². The number of imidazole rings is 1. The summed E-state index contributed by atoms with van der Waals surface area (Å²) in [6.07, 6.45) is 3.66. The molecule has 1 N–H and O–H groups in total. The predicted molar refractivity (Wildman–Crippen MR) is 75.8 cm³/mol. The van der Waals surface area contributed by atoms with Gasteiger partial charge in [-0.2, -0.15) is 5.26 Å². The van der Waals surface area contributed by atoms with Gasteiger partial charge in [-0.3, -0.25) is 4.98 Å². The van der Waals surface area contributed by atoms with Gasteiger partial charge in [0.2, 0.25) is 0 Å². The second kappa shape index (κ2) is 3.91. The summed E-state index contributed by atoms with van der Waals surface area (Å²) in [6.45, 7) is 0. The third-order valence-electron chi connectivity index (χ3n) is 3.91. The molecule has 1 aromatic carbocycles. The molecule has 0 spiro atoms. The standard InChI is InChI=1S/C16H12N4/c17-10-16(6-7-16)11-4-5-12-14(9-11)20-15(19-12)13-3-1-2-8-18-13/h1-5,8-9H,6-7H2,(H,19,20). The molecule has 3 aromatic rings. The summed E-state index contributed by atoms with van der Waals surface area (Å²) in [4.78, 5) is 12.1. The molecule has 1 aliphatic carbocycles. The van der Waals surface area contributed by atoms with Gasteiger partial charge in [0.05, 0.1) is 22.5 Å². The van der Waals surface area contributed by atoms with E-state index in [1.807, 2.05) is 36.4 Å². The van der Waals surface area contributed by atoms with Gasteiger partial charge in [-0.05, 0) is 42.7 Å². The maximum Gasteiger partial charge on any atom is 0.157 e. The highest BCUT2D eigenvalue weighted by molar-refractivity contribution is 5.80. The monoisotopic (exact) mass is 260 g/mol. The number of hydrogen-bond acceptors (Lipinski definition) is 3. The third kappa shape index (κ3) is 1.60. The summed E-state index contributed by atoms with van der Waals surface area (Å²) in [6, 6.07) is 14.2. The number of rotatable bonds is 2. The maximum absolute atomic E-state index is 9.28. The Morgan fingerprint density at radius 3 is 2.80 bits per heavy atom. The number of benzene rings is 1. The normalized spacial score (nSPS) is 15.9. The van der Waals surface area contributed by atoms with Crippen molar-refractivity contribution in [3.05, 3.63) is 48.2 Å². The van der Waals surface area contributed by atoms with Crippen LogP contribution in [-0.2, 0) is 5.41 Å². The first-order chi connectivity index (χ1) is 9.81. The van der Waals surface area contributed by atoms with Crippen molar-refractivity contribution in [1.82, 2.24) is 15.0 Å². The van der Waals surface area contributed by atoms with Crippen LogP contribution in [0.1, 0.15) is 18.4 Å². The molecule has 0 aliphatic heterocycles. The van der Waals surface area contributed by atoms with E-state index in [2.05, 4.69) is 21.0 Å². The number of pyridine rings is 1. The Hall–Kier alpha value is -2.67. The molecular weight excluding hydrogens is 248 g/mol. The van der Waals surface area contributed by atoms with E-state index in [0.717, 1.165) is 41.0 Å². The summed E-state index contributed by atoms with van der Waals surface area (Å²) in [5.74, 6) is 0.763. The van der Waals surface area contributed by atoms with Crippen LogP contribution in [0.5, 0.6) is 0 Å². The van der Waals surface area contributed by atoms with Crippen molar-refractivity contribution in [3.8, 4) is 17.6 Å². The van der Waals surface area contributed by atoms with E-state index in [-0.39, 0.29) is 5.41 Å². The summed E-state index contributed by atoms with van der Waals surface area (Å²) in [5.41, 5.74) is 3.52. The largest absolute Gasteiger partial charge is 0.337 e. The average molecular weight is 260 g/mol. The highest BCUT2D eigenvalue weighted by Crippen LogP contribution is 2.47. The third-order valence-corrected chi connectivity index (χ3v) is 3.91. The minimum absolute atomic E-state index is 0.259. The maximum atomic E-state index is 9.28. The zero-order valence-electron chi connectivity index (χ0n) is 10.8. The molecule has 96 valence electrons. The molecule has 4 rings (SSSR count). The Labute approximate surface area is 116 Å². The Balaban J connectivity index is 1.83. The van der Waals surface area contributed by atoms with E-state index >= 15 is 0 Å². The highest BCUT2D eigenvalue weighted by Gasteiger charge is 2.44. The van der Waals surface area contributed by atoms with Gasteiger partial charge in [-0.1, -0.05) is 12.1 Å². The van der Waals surface area contributed by atoms with Gasteiger partial charge < -0.3 is 4.98 Å². The van der Waals surface area contributed by atoms with Gasteiger partial charge in [0.25, 0.3) is 0 Å². The number of hydrogen-bond donors (Lipinski definition) is 1. The zero-order chi connectivity index (χ0) is 13.6. The summed E-state index contributed by atoms with van der Waals surface area (Å²) in [5, 5.41) is 9.28. The van der Waals surface area contributed by atoms with Crippen molar-refractivity contribution in [2.45, 2.75) is 18.3 Å². The van der Waals surface area contributed by atoms with Crippen molar-refractivity contribution in [2.24, 2.45) is 0 Å². The zero-order valence-corrected chi connectivity index (χ0v) is 10.8. The Kier molecular flexibility index (Phi) is 2.19. The Morgan fingerprint density at radius 2 is 2.10 bits per heavy atom. The first-order valence-electron chi connectivity index (χ1n) is 6.64. The smallest absolute Gasteiger partial charge is 0.157 e. The summed E-state index contributed by atoms with van der Waals surface area (Å²) in [7, 11) is 0. The van der Waals surface area contributed by atoms with Gasteiger partial charge in [-0.25, -0.2) is 4.98 Å². The number of aromatic amines is 1. The molecule has 4 heteroatoms. The SMILES string of the molecule is N#CC1(c2ccc3nc(-c4ccccn4)[nH]c3c2)CC1. The molecule has 0 atom stereocenters. The minimum atomic E-state index is -0.259. The molecule has 1 saturated carbocycles. The molecule has 0 saturated heterocycles. The van der Waals surface area contributed by atoms with Crippen molar-refractivity contribution >= 4 is 11.0 Å². The summed E-state index contributed by atoms with van der Waals surface area (Å²) >= 11 is 0. The number of nitrogens with zero attached hydrogens (tertiary/aromatic N) is 3. The first-order valence-corrected chi connectivity index (χ1v) is 6.64. The fraction of sp³-hybridized carbons (Fsp3) is 0.188. The first kappa shape index (κ1) is 11.2. The molecule has 0 bridgehead atoms. The van der Waals surface area contributed by atoms with Gasteiger partial charge in [0, 0.05) is 6.20 Å². The Morgan fingerprint density at radius 1 is 1.20 bits per heavy atom. The predicted octanol–water partition coefficient (Wildman–Crippen LogP) is 3.18. The number of fused-ring (bicyclic) bond motifs is 1. The fourth-order valence-electron chi connectivity index (χ4n) is 2.52. The van der Waals surface area contributed by atoms with Gasteiger partial charge in [-0.15, -0.1) is 0 Å². The van der Waals surface area contributed by atoms with Gasteiger partial charge >= 0.3 is 0 Å². The lowest BCUT2D eigenvalue weighted by atomic mass is 9.97. The molecule has 1 aliphatic rings. The molecular formula is C16H12N4. The number of nitrogens with one attached hydrogen (secondary N) is 1. The molecule has 0 amide bonds. The highest BCUT2D eigenvalue weighted by atomic mass is 14.9. The van der Waals surface area contributed by atoms with Crippen LogP contribution in [0.4, 0.5) is 0 Å². The van der Waals surface area contributed by atoms with E-state index < -0.39 is 0 Å². The quantitative estimate of drug-likeness (QED) is 0.769. The van der Waals surface area contributed by atoms with Crippen LogP contribution >= 0.6 is 0 Å². The van der Waals surface area contributed by atoms with Crippen molar-refractivity contribution in [3.63, 3.8) is 0 Å². The number of H-pyrrole nitrogens is 1. The molecule has 1 fully saturated rings. The Bertz CT molecular complexity index is 823. The van der Waals surface area contributed by atoms with E-state index in [1.165, 1.54) is 0 Å². The van der Waals surface area contributed by atoms with Crippen LogP contribution in [0.2, 0.25) is 0 Å². The van der Waals surface area contributed by atoms with Crippen LogP contribution < -0.4 is 0 Å². The number of aromatic nitrogens is 3. The lowest BCUT2D eigenvalue weighted by Gasteiger charge is -2.04. The second-order valence-corrected chi connectivity index (χ2v) is 5.23. The van der Waals surface area contributed by atoms with Gasteiger partial charge in [0.1, 0.15) is 5.69 Å². The van der Waals surface area contributed by atoms with Crippen LogP contribution in [0.25, 0.3) is 22.6 Å². The van der Waals surface area contributed by atoms with Gasteiger partial charge in [0.15, 0.2) is 5.82 Å². The lowest BCUT2D eigenvalue weighted by molar-refractivity contribution is 0.910. The van der Waals surface area contributed by atoms with Crippen molar-refractivity contribution < 1.29 is 0 Å². The lowest BCUT2D eigenvalue weighted by Crippen LogP contribution is -2.01. The number of nitriles is 1. The summed E-state index contributed by atoms with van der Waals surface area (Å²) < 4.78 is 0. The molecule has 4 nitrogen and oxygen atoms in total. The van der Waals surface area contributed by atoms with E-state index in [0.29, 0.717) is 0 Å². The molecule has 2 heterocycles. The van der Waals surface area contributed by atoms with Crippen LogP contribution in [0.15, 0.2) is 42.6 Å². The minimum Gasteiger partial charge on any atom is -0.337 e. The van der Waals surface area contributed by atoms with Crippen molar-refractivity contribution in [2.75, 3.05) is 0 Å². The van der Waals surface area contributed by atoms with E-state index in [4.69, 9.17) is 0 Å². The topological polar surface area (TPSA) is 65.4 Å². The van der Waals surface area contributed by atoms with E-state index in [9.17, 15) is 5.26 Å². The fourth-order valence-corrected chi connectivity index (χ4v) is 2.52. The molecule has 20 heavy (non-hydrogen) atoms. The molecule has 2 aromatic heterocycles. The molecule has 0 unspecified atom stereocenters. The van der Waals surface area contributed by atoms with Crippen LogP contribution in [0, 0.1) is 11.3 Å². The molecule has 0 radical (unpaired) electrons. The average Bonchev–Trinajstić information content (AvgIpc) is 3.20.